The average Bonchev–Trinajstić information content (AvgIpc) is 2.82. The van der Waals surface area contributed by atoms with Crippen molar-refractivity contribution in [2.45, 2.75) is 0 Å². The van der Waals surface area contributed by atoms with Gasteiger partial charge in [0.2, 0.25) is 0 Å². The largest absolute Gasteiger partial charge is 0.482 e. The normalized spacial score (nSPS) is 12.6. The molecule has 1 aliphatic heterocycles. The summed E-state index contributed by atoms with van der Waals surface area (Å²) in [5.41, 5.74) is 0.655. The summed E-state index contributed by atoms with van der Waals surface area (Å²) in [6, 6.07) is 11.4. The maximum absolute atomic E-state index is 12.0. The first kappa shape index (κ1) is 15.1. The summed E-state index contributed by atoms with van der Waals surface area (Å²) < 4.78 is 5.33. The van der Waals surface area contributed by atoms with E-state index in [1.54, 1.807) is 36.4 Å². The van der Waals surface area contributed by atoms with Crippen molar-refractivity contribution in [3.8, 4) is 5.75 Å². The van der Waals surface area contributed by atoms with Crippen molar-refractivity contribution in [1.82, 2.24) is 5.32 Å². The highest BCUT2D eigenvalue weighted by Crippen LogP contribution is 2.25. The van der Waals surface area contributed by atoms with Crippen LogP contribution in [0.4, 0.5) is 5.69 Å². The third-order valence-corrected chi connectivity index (χ3v) is 3.54. The molecule has 3 rings (SSSR count). The summed E-state index contributed by atoms with van der Waals surface area (Å²) >= 11 is 5.93. The van der Waals surface area contributed by atoms with E-state index in [4.69, 9.17) is 16.3 Å². The Kier molecular flexibility index (Phi) is 3.99. The molecule has 0 fully saturated rings. The lowest BCUT2D eigenvalue weighted by molar-refractivity contribution is -0.118. The van der Waals surface area contributed by atoms with Crippen LogP contribution < -0.4 is 15.4 Å². The SMILES string of the molecule is O=C(COc1ccccc1Cl)Nc1cccc2c1C(=O)NC2=O. The Morgan fingerprint density at radius 2 is 1.87 bits per heavy atom. The Bertz CT molecular complexity index is 819. The van der Waals surface area contributed by atoms with Gasteiger partial charge in [-0.3, -0.25) is 19.7 Å². The Labute approximate surface area is 136 Å². The van der Waals surface area contributed by atoms with Crippen LogP contribution in [0.5, 0.6) is 5.75 Å². The molecular formula is C16H11ClN2O4. The molecule has 0 radical (unpaired) electrons. The van der Waals surface area contributed by atoms with Crippen LogP contribution in [0.3, 0.4) is 0 Å². The topological polar surface area (TPSA) is 84.5 Å². The number of anilines is 1. The zero-order valence-corrected chi connectivity index (χ0v) is 12.5. The van der Waals surface area contributed by atoms with Gasteiger partial charge in [0.25, 0.3) is 17.7 Å². The highest BCUT2D eigenvalue weighted by Gasteiger charge is 2.29. The van der Waals surface area contributed by atoms with E-state index in [2.05, 4.69) is 10.6 Å². The molecule has 0 saturated heterocycles. The Hall–Kier alpha value is -2.86. The van der Waals surface area contributed by atoms with Gasteiger partial charge in [0.1, 0.15) is 5.75 Å². The average molecular weight is 331 g/mol. The van der Waals surface area contributed by atoms with Crippen LogP contribution in [0.2, 0.25) is 5.02 Å². The van der Waals surface area contributed by atoms with E-state index in [1.807, 2.05) is 0 Å². The highest BCUT2D eigenvalue weighted by molar-refractivity contribution is 6.32. The maximum Gasteiger partial charge on any atom is 0.262 e. The van der Waals surface area contributed by atoms with Crippen LogP contribution in [0, 0.1) is 0 Å². The molecule has 0 unspecified atom stereocenters. The molecule has 2 aromatic rings. The minimum atomic E-state index is -0.534. The number of hydrogen-bond acceptors (Lipinski definition) is 4. The van der Waals surface area contributed by atoms with Crippen molar-refractivity contribution in [3.63, 3.8) is 0 Å². The second-order valence-electron chi connectivity index (χ2n) is 4.78. The van der Waals surface area contributed by atoms with E-state index < -0.39 is 17.7 Å². The van der Waals surface area contributed by atoms with Crippen LogP contribution in [0.1, 0.15) is 20.7 Å². The highest BCUT2D eigenvalue weighted by atomic mass is 35.5. The molecule has 0 aliphatic carbocycles. The van der Waals surface area contributed by atoms with Gasteiger partial charge in [-0.15, -0.1) is 0 Å². The lowest BCUT2D eigenvalue weighted by Gasteiger charge is -2.10. The van der Waals surface area contributed by atoms with Crippen molar-refractivity contribution >= 4 is 35.0 Å². The summed E-state index contributed by atoms with van der Waals surface area (Å²) in [6.07, 6.45) is 0. The molecule has 2 aromatic carbocycles. The Morgan fingerprint density at radius 3 is 2.65 bits per heavy atom. The molecule has 0 spiro atoms. The number of carbonyl (C=O) groups is 3. The minimum absolute atomic E-state index is 0.156. The van der Waals surface area contributed by atoms with Gasteiger partial charge in [0, 0.05) is 0 Å². The molecule has 6 nitrogen and oxygen atoms in total. The van der Waals surface area contributed by atoms with Crippen molar-refractivity contribution in [2.75, 3.05) is 11.9 Å². The van der Waals surface area contributed by atoms with Gasteiger partial charge in [-0.25, -0.2) is 0 Å². The summed E-state index contributed by atoms with van der Waals surface area (Å²) in [4.78, 5) is 35.3. The third kappa shape index (κ3) is 3.02. The van der Waals surface area contributed by atoms with Gasteiger partial charge in [-0.2, -0.15) is 0 Å². The first-order valence-corrected chi connectivity index (χ1v) is 7.10. The number of imide groups is 1. The number of carbonyl (C=O) groups excluding carboxylic acids is 3. The predicted octanol–water partition coefficient (Wildman–Crippen LogP) is 2.24. The second-order valence-corrected chi connectivity index (χ2v) is 5.19. The van der Waals surface area contributed by atoms with E-state index in [0.29, 0.717) is 10.8 Å². The van der Waals surface area contributed by atoms with Crippen LogP contribution in [-0.2, 0) is 4.79 Å². The van der Waals surface area contributed by atoms with Crippen LogP contribution in [0.15, 0.2) is 42.5 Å². The van der Waals surface area contributed by atoms with E-state index in [0.717, 1.165) is 0 Å². The number of amides is 3. The molecule has 116 valence electrons. The predicted molar refractivity (Wildman–Crippen MR) is 83.8 cm³/mol. The fourth-order valence-corrected chi connectivity index (χ4v) is 2.40. The molecule has 23 heavy (non-hydrogen) atoms. The fourth-order valence-electron chi connectivity index (χ4n) is 2.21. The van der Waals surface area contributed by atoms with Crippen molar-refractivity contribution in [1.29, 1.82) is 0 Å². The van der Waals surface area contributed by atoms with Crippen molar-refractivity contribution in [2.24, 2.45) is 0 Å². The van der Waals surface area contributed by atoms with Gasteiger partial charge in [0.05, 0.1) is 21.8 Å². The molecular weight excluding hydrogens is 320 g/mol. The van der Waals surface area contributed by atoms with Crippen molar-refractivity contribution < 1.29 is 19.1 Å². The summed E-state index contributed by atoms with van der Waals surface area (Å²) in [5.74, 6) is -1.10. The number of nitrogens with one attached hydrogen (secondary N) is 2. The zero-order chi connectivity index (χ0) is 16.4. The second kappa shape index (κ2) is 6.10. The smallest absolute Gasteiger partial charge is 0.262 e. The van der Waals surface area contributed by atoms with Gasteiger partial charge in [-0.05, 0) is 24.3 Å². The standard InChI is InChI=1S/C16H11ClN2O4/c17-10-5-1-2-7-12(10)23-8-13(20)18-11-6-3-4-9-14(11)16(22)19-15(9)21/h1-7H,8H2,(H,18,20)(H,19,21,22). The monoisotopic (exact) mass is 330 g/mol. The van der Waals surface area contributed by atoms with E-state index in [1.165, 1.54) is 6.07 Å². The lowest BCUT2D eigenvalue weighted by Crippen LogP contribution is -2.23. The maximum atomic E-state index is 12.0. The number of halogens is 1. The number of hydrogen-bond donors (Lipinski definition) is 2. The van der Waals surface area contributed by atoms with Crippen LogP contribution in [-0.4, -0.2) is 24.3 Å². The minimum Gasteiger partial charge on any atom is -0.482 e. The van der Waals surface area contributed by atoms with Gasteiger partial charge in [0.15, 0.2) is 6.61 Å². The Morgan fingerprint density at radius 1 is 1.09 bits per heavy atom. The molecule has 0 bridgehead atoms. The molecule has 0 aromatic heterocycles. The van der Waals surface area contributed by atoms with Gasteiger partial charge >= 0.3 is 0 Å². The number of fused-ring (bicyclic) bond motifs is 1. The number of rotatable bonds is 4. The third-order valence-electron chi connectivity index (χ3n) is 3.23. The molecule has 7 heteroatoms. The number of para-hydroxylation sites is 1. The molecule has 0 atom stereocenters. The van der Waals surface area contributed by atoms with Gasteiger partial charge < -0.3 is 10.1 Å². The summed E-state index contributed by atoms with van der Waals surface area (Å²) in [6.45, 7) is -0.275. The van der Waals surface area contributed by atoms with E-state index in [9.17, 15) is 14.4 Å². The van der Waals surface area contributed by atoms with Crippen LogP contribution in [0.25, 0.3) is 0 Å². The molecule has 0 saturated carbocycles. The molecule has 1 aliphatic rings. The molecule has 1 heterocycles. The Balaban J connectivity index is 1.71. The first-order chi connectivity index (χ1) is 11.1. The quantitative estimate of drug-likeness (QED) is 0.842. The number of benzene rings is 2. The van der Waals surface area contributed by atoms with Crippen molar-refractivity contribution in [3.05, 3.63) is 58.6 Å². The van der Waals surface area contributed by atoms with Crippen LogP contribution >= 0.6 is 11.6 Å². The zero-order valence-electron chi connectivity index (χ0n) is 11.8. The molecule has 3 amide bonds. The lowest BCUT2D eigenvalue weighted by atomic mass is 10.1. The summed E-state index contributed by atoms with van der Waals surface area (Å²) in [5, 5.41) is 5.14. The van der Waals surface area contributed by atoms with E-state index >= 15 is 0 Å². The fraction of sp³-hybridized carbons (Fsp3) is 0.0625. The van der Waals surface area contributed by atoms with E-state index in [-0.39, 0.29) is 23.4 Å². The first-order valence-electron chi connectivity index (χ1n) is 6.72. The number of ether oxygens (including phenoxy) is 1. The van der Waals surface area contributed by atoms with Gasteiger partial charge in [-0.1, -0.05) is 29.8 Å². The molecule has 2 N–H and O–H groups in total. The summed E-state index contributed by atoms with van der Waals surface area (Å²) in [7, 11) is 0.